The number of carbonyl (C=O) groups excluding carboxylic acids is 1. The minimum atomic E-state index is -0.627. The van der Waals surface area contributed by atoms with Crippen LogP contribution in [0.25, 0.3) is 10.9 Å². The Hall–Kier alpha value is -1.29. The molecule has 2 heterocycles. The molecule has 0 atom stereocenters. The molecule has 2 aromatic rings. The number of methoxy groups -OCH3 is 1. The van der Waals surface area contributed by atoms with E-state index >= 15 is 0 Å². The molecule has 1 aliphatic heterocycles. The summed E-state index contributed by atoms with van der Waals surface area (Å²) in [6.45, 7) is 4.90. The van der Waals surface area contributed by atoms with Crippen LogP contribution in [-0.2, 0) is 27.9 Å². The predicted molar refractivity (Wildman–Crippen MR) is 83.0 cm³/mol. The maximum absolute atomic E-state index is 12.0. The van der Waals surface area contributed by atoms with E-state index in [1.54, 1.807) is 0 Å². The fraction of sp³-hybridized carbons (Fsp3) is 0.438. The van der Waals surface area contributed by atoms with E-state index in [9.17, 15) is 4.79 Å². The van der Waals surface area contributed by atoms with Gasteiger partial charge in [-0.25, -0.2) is 0 Å². The second-order valence-corrected chi connectivity index (χ2v) is 6.78. The summed E-state index contributed by atoms with van der Waals surface area (Å²) in [5.41, 5.74) is 3.02. The van der Waals surface area contributed by atoms with E-state index in [0.717, 1.165) is 29.4 Å². The van der Waals surface area contributed by atoms with Crippen LogP contribution in [0.2, 0.25) is 0 Å². The second kappa shape index (κ2) is 4.62. The number of esters is 1. The van der Waals surface area contributed by atoms with Crippen LogP contribution in [-0.4, -0.2) is 17.6 Å². The van der Waals surface area contributed by atoms with Crippen molar-refractivity contribution >= 4 is 32.8 Å². The van der Waals surface area contributed by atoms with E-state index in [1.807, 2.05) is 13.8 Å². The number of nitrogens with zero attached hydrogens (tertiary/aromatic N) is 1. The zero-order valence-electron chi connectivity index (χ0n) is 12.0. The van der Waals surface area contributed by atoms with Crippen LogP contribution in [0.3, 0.4) is 0 Å². The van der Waals surface area contributed by atoms with E-state index in [1.165, 1.54) is 23.6 Å². The number of aromatic nitrogens is 1. The molecule has 106 valence electrons. The summed E-state index contributed by atoms with van der Waals surface area (Å²) in [7, 11) is 1.44. The highest BCUT2D eigenvalue weighted by Crippen LogP contribution is 2.37. The van der Waals surface area contributed by atoms with Crippen molar-refractivity contribution in [3.8, 4) is 0 Å². The standard InChI is InChI=1S/C16H18BrNO2/c1-16(2,15(19)20-3)11-7-10-5-4-6-18-9-13(17)12(8-11)14(10)18/h7-9H,4-6H2,1-3H3. The minimum Gasteiger partial charge on any atom is -0.468 e. The summed E-state index contributed by atoms with van der Waals surface area (Å²) in [6.07, 6.45) is 4.35. The third-order valence-electron chi connectivity index (χ3n) is 4.27. The third kappa shape index (κ3) is 1.89. The molecule has 0 bridgehead atoms. The highest BCUT2D eigenvalue weighted by molar-refractivity contribution is 9.10. The van der Waals surface area contributed by atoms with Gasteiger partial charge >= 0.3 is 5.97 Å². The van der Waals surface area contributed by atoms with Crippen LogP contribution in [0.1, 0.15) is 31.4 Å². The highest BCUT2D eigenvalue weighted by atomic mass is 79.9. The van der Waals surface area contributed by atoms with Gasteiger partial charge < -0.3 is 9.30 Å². The molecular formula is C16H18BrNO2. The monoisotopic (exact) mass is 335 g/mol. The Balaban J connectivity index is 2.25. The van der Waals surface area contributed by atoms with Crippen molar-refractivity contribution < 1.29 is 9.53 Å². The summed E-state index contributed by atoms with van der Waals surface area (Å²) in [4.78, 5) is 12.0. The zero-order chi connectivity index (χ0) is 14.5. The van der Waals surface area contributed by atoms with Crippen LogP contribution in [0.15, 0.2) is 22.8 Å². The van der Waals surface area contributed by atoms with Crippen molar-refractivity contribution in [3.63, 3.8) is 0 Å². The first-order chi connectivity index (χ1) is 9.45. The largest absolute Gasteiger partial charge is 0.468 e. The van der Waals surface area contributed by atoms with E-state index in [4.69, 9.17) is 4.74 Å². The molecule has 0 N–H and O–H groups in total. The number of hydrogen-bond donors (Lipinski definition) is 0. The van der Waals surface area contributed by atoms with Gasteiger partial charge in [-0.1, -0.05) is 6.07 Å². The van der Waals surface area contributed by atoms with Gasteiger partial charge in [-0.05, 0) is 59.8 Å². The van der Waals surface area contributed by atoms with E-state index in [0.29, 0.717) is 0 Å². The molecule has 1 aromatic heterocycles. The van der Waals surface area contributed by atoms with Gasteiger partial charge in [-0.2, -0.15) is 0 Å². The fourth-order valence-electron chi connectivity index (χ4n) is 3.03. The lowest BCUT2D eigenvalue weighted by atomic mass is 9.82. The first-order valence-corrected chi connectivity index (χ1v) is 7.64. The SMILES string of the molecule is COC(=O)C(C)(C)c1cc2c3c(c1)c(Br)cn3CCC2. The molecule has 0 saturated heterocycles. The molecule has 0 amide bonds. The Morgan fingerprint density at radius 1 is 1.40 bits per heavy atom. The van der Waals surface area contributed by atoms with Crippen molar-refractivity contribution in [3.05, 3.63) is 33.9 Å². The lowest BCUT2D eigenvalue weighted by molar-refractivity contribution is -0.146. The molecule has 0 spiro atoms. The second-order valence-electron chi connectivity index (χ2n) is 5.92. The van der Waals surface area contributed by atoms with Gasteiger partial charge in [0.05, 0.1) is 18.0 Å². The maximum Gasteiger partial charge on any atom is 0.315 e. The van der Waals surface area contributed by atoms with Gasteiger partial charge in [-0.3, -0.25) is 4.79 Å². The normalized spacial score (nSPS) is 14.6. The van der Waals surface area contributed by atoms with Crippen LogP contribution in [0, 0.1) is 0 Å². The Morgan fingerprint density at radius 2 is 2.15 bits per heavy atom. The molecule has 0 fully saturated rings. The number of rotatable bonds is 2. The Bertz CT molecular complexity index is 700. The van der Waals surface area contributed by atoms with Crippen LogP contribution < -0.4 is 0 Å². The summed E-state index contributed by atoms with van der Waals surface area (Å²) in [6, 6.07) is 4.28. The van der Waals surface area contributed by atoms with E-state index < -0.39 is 5.41 Å². The third-order valence-corrected chi connectivity index (χ3v) is 4.90. The van der Waals surface area contributed by atoms with Gasteiger partial charge in [-0.15, -0.1) is 0 Å². The molecule has 0 radical (unpaired) electrons. The number of hydrogen-bond acceptors (Lipinski definition) is 2. The van der Waals surface area contributed by atoms with Crippen molar-refractivity contribution in [1.29, 1.82) is 0 Å². The number of aryl methyl sites for hydroxylation is 2. The quantitative estimate of drug-likeness (QED) is 0.781. The summed E-state index contributed by atoms with van der Waals surface area (Å²) < 4.78 is 8.34. The van der Waals surface area contributed by atoms with Gasteiger partial charge in [0.1, 0.15) is 0 Å². The molecule has 1 aromatic carbocycles. The van der Waals surface area contributed by atoms with Crippen molar-refractivity contribution in [2.24, 2.45) is 0 Å². The minimum absolute atomic E-state index is 0.199. The topological polar surface area (TPSA) is 31.2 Å². The maximum atomic E-state index is 12.0. The smallest absolute Gasteiger partial charge is 0.315 e. The average molecular weight is 336 g/mol. The number of benzene rings is 1. The number of halogens is 1. The van der Waals surface area contributed by atoms with Gasteiger partial charge in [0.2, 0.25) is 0 Å². The molecule has 1 aliphatic rings. The molecule has 20 heavy (non-hydrogen) atoms. The van der Waals surface area contributed by atoms with E-state index in [-0.39, 0.29) is 5.97 Å². The molecule has 4 heteroatoms. The van der Waals surface area contributed by atoms with Crippen molar-refractivity contribution in [2.75, 3.05) is 7.11 Å². The lowest BCUT2D eigenvalue weighted by Gasteiger charge is -2.24. The Labute approximate surface area is 127 Å². The molecule has 0 unspecified atom stereocenters. The molecule has 3 nitrogen and oxygen atoms in total. The Kier molecular flexibility index (Phi) is 3.16. The van der Waals surface area contributed by atoms with Crippen LogP contribution in [0.4, 0.5) is 0 Å². The van der Waals surface area contributed by atoms with Crippen molar-refractivity contribution in [1.82, 2.24) is 4.57 Å². The number of carbonyl (C=O) groups is 1. The molecule has 0 saturated carbocycles. The van der Waals surface area contributed by atoms with Gasteiger partial charge in [0.25, 0.3) is 0 Å². The van der Waals surface area contributed by atoms with E-state index in [2.05, 4.69) is 38.8 Å². The molecular weight excluding hydrogens is 318 g/mol. The molecule has 3 rings (SSSR count). The fourth-order valence-corrected chi connectivity index (χ4v) is 3.58. The summed E-state index contributed by atoms with van der Waals surface area (Å²) in [5.74, 6) is -0.199. The average Bonchev–Trinajstić information content (AvgIpc) is 2.76. The first kappa shape index (κ1) is 13.7. The van der Waals surface area contributed by atoms with Gasteiger partial charge in [0, 0.05) is 22.6 Å². The lowest BCUT2D eigenvalue weighted by Crippen LogP contribution is -2.30. The number of ether oxygens (including phenoxy) is 1. The molecule has 0 aliphatic carbocycles. The zero-order valence-corrected chi connectivity index (χ0v) is 13.6. The van der Waals surface area contributed by atoms with Crippen LogP contribution in [0.5, 0.6) is 0 Å². The van der Waals surface area contributed by atoms with Gasteiger partial charge in [0.15, 0.2) is 0 Å². The predicted octanol–water partition coefficient (Wildman–Crippen LogP) is 3.80. The summed E-state index contributed by atoms with van der Waals surface area (Å²) in [5, 5.41) is 1.19. The highest BCUT2D eigenvalue weighted by Gasteiger charge is 2.32. The Morgan fingerprint density at radius 3 is 2.85 bits per heavy atom. The summed E-state index contributed by atoms with van der Waals surface area (Å²) >= 11 is 3.64. The first-order valence-electron chi connectivity index (χ1n) is 6.85. The van der Waals surface area contributed by atoms with Crippen LogP contribution >= 0.6 is 15.9 Å². The van der Waals surface area contributed by atoms with Crippen molar-refractivity contribution in [2.45, 2.75) is 38.6 Å².